The fraction of sp³-hybridized carbons (Fsp3) is 0.167. The van der Waals surface area contributed by atoms with Crippen molar-refractivity contribution < 1.29 is 9.53 Å². The number of allylic oxidation sites excluding steroid dienone is 1. The number of ether oxygens (including phenoxy) is 1. The predicted molar refractivity (Wildman–Crippen MR) is 31.0 cm³/mol. The first kappa shape index (κ1) is 7.48. The second-order valence-corrected chi connectivity index (χ2v) is 1.09. The minimum absolute atomic E-state index is 0.168. The third-order valence-electron chi connectivity index (χ3n) is 0.502. The van der Waals surface area contributed by atoms with Crippen LogP contribution in [-0.2, 0) is 9.53 Å². The van der Waals surface area contributed by atoms with Crippen molar-refractivity contribution >= 4 is 5.94 Å². The van der Waals surface area contributed by atoms with Crippen LogP contribution in [0, 0.1) is 11.3 Å². The standard InChI is InChI=1S/C6H5NO2/c7-3-1-5-9-6-2-4-8/h1-2,5H,6H2. The molecule has 46 valence electrons. The first-order valence-electron chi connectivity index (χ1n) is 2.27. The maximum Gasteiger partial charge on any atom is 0.123 e. The van der Waals surface area contributed by atoms with E-state index in [2.05, 4.69) is 4.74 Å². The van der Waals surface area contributed by atoms with Crippen LogP contribution in [0.5, 0.6) is 0 Å². The molecule has 0 radical (unpaired) electrons. The molecule has 0 spiro atoms. The van der Waals surface area contributed by atoms with Gasteiger partial charge in [0.1, 0.15) is 12.5 Å². The zero-order valence-corrected chi connectivity index (χ0v) is 4.70. The Labute approximate surface area is 52.9 Å². The molecule has 0 heterocycles. The van der Waals surface area contributed by atoms with Crippen LogP contribution in [-0.4, -0.2) is 12.5 Å². The summed E-state index contributed by atoms with van der Waals surface area (Å²) in [5.74, 6) is 1.53. The molecule has 0 atom stereocenters. The third kappa shape index (κ3) is 6.48. The first-order valence-corrected chi connectivity index (χ1v) is 2.27. The highest BCUT2D eigenvalue weighted by Crippen LogP contribution is 1.74. The van der Waals surface area contributed by atoms with Crippen molar-refractivity contribution in [2.24, 2.45) is 0 Å². The molecule has 0 unspecified atom stereocenters. The Morgan fingerprint density at radius 3 is 3.00 bits per heavy atom. The quantitative estimate of drug-likeness (QED) is 0.236. The van der Waals surface area contributed by atoms with Gasteiger partial charge in [0.15, 0.2) is 0 Å². The van der Waals surface area contributed by atoms with Crippen molar-refractivity contribution in [1.29, 1.82) is 5.26 Å². The molecule has 0 saturated heterocycles. The summed E-state index contributed by atoms with van der Waals surface area (Å²) in [6.45, 7) is 0.168. The Balaban J connectivity index is 3.22. The Kier molecular flexibility index (Phi) is 5.39. The summed E-state index contributed by atoms with van der Waals surface area (Å²) in [5, 5.41) is 7.92. The van der Waals surface area contributed by atoms with Gasteiger partial charge < -0.3 is 4.74 Å². The second-order valence-electron chi connectivity index (χ2n) is 1.09. The van der Waals surface area contributed by atoms with Crippen LogP contribution in [0.2, 0.25) is 0 Å². The van der Waals surface area contributed by atoms with Gasteiger partial charge in [-0.25, -0.2) is 4.79 Å². The summed E-state index contributed by atoms with van der Waals surface area (Å²) >= 11 is 0. The molecule has 0 N–H and O–H groups in total. The lowest BCUT2D eigenvalue weighted by molar-refractivity contribution is 0.290. The van der Waals surface area contributed by atoms with Crippen LogP contribution in [0.3, 0.4) is 0 Å². The topological polar surface area (TPSA) is 50.1 Å². The average molecular weight is 123 g/mol. The highest BCUT2D eigenvalue weighted by molar-refractivity contribution is 5.44. The molecule has 0 aromatic carbocycles. The van der Waals surface area contributed by atoms with E-state index in [4.69, 9.17) is 5.26 Å². The van der Waals surface area contributed by atoms with E-state index in [0.717, 1.165) is 0 Å². The van der Waals surface area contributed by atoms with Gasteiger partial charge in [0, 0.05) is 6.08 Å². The molecule has 9 heavy (non-hydrogen) atoms. The molecule has 3 heteroatoms. The molecule has 0 saturated carbocycles. The molecule has 0 aliphatic rings. The Morgan fingerprint density at radius 2 is 2.44 bits per heavy atom. The van der Waals surface area contributed by atoms with Crippen LogP contribution in [0.15, 0.2) is 18.4 Å². The van der Waals surface area contributed by atoms with Crippen LogP contribution in [0.25, 0.3) is 0 Å². The van der Waals surface area contributed by atoms with E-state index in [1.54, 1.807) is 6.07 Å². The van der Waals surface area contributed by atoms with Gasteiger partial charge in [-0.15, -0.1) is 0 Å². The maximum absolute atomic E-state index is 9.49. The number of nitrogens with zero attached hydrogens (tertiary/aromatic N) is 1. The average Bonchev–Trinajstić information content (AvgIpc) is 1.89. The summed E-state index contributed by atoms with van der Waals surface area (Å²) in [6.07, 6.45) is 3.58. The number of hydrogen-bond acceptors (Lipinski definition) is 3. The summed E-state index contributed by atoms with van der Waals surface area (Å²) in [5.41, 5.74) is 0. The zero-order chi connectivity index (χ0) is 6.95. The molecule has 0 aliphatic heterocycles. The molecule has 0 aliphatic carbocycles. The third-order valence-corrected chi connectivity index (χ3v) is 0.502. The van der Waals surface area contributed by atoms with E-state index in [-0.39, 0.29) is 6.61 Å². The molecule has 0 fully saturated rings. The van der Waals surface area contributed by atoms with E-state index in [1.807, 2.05) is 0 Å². The van der Waals surface area contributed by atoms with E-state index >= 15 is 0 Å². The van der Waals surface area contributed by atoms with Crippen LogP contribution in [0.4, 0.5) is 0 Å². The van der Waals surface area contributed by atoms with Crippen molar-refractivity contribution in [2.45, 2.75) is 0 Å². The Bertz CT molecular complexity index is 172. The van der Waals surface area contributed by atoms with E-state index in [0.29, 0.717) is 0 Å². The van der Waals surface area contributed by atoms with Gasteiger partial charge in [-0.05, 0) is 0 Å². The summed E-state index contributed by atoms with van der Waals surface area (Å²) in [4.78, 5) is 9.49. The van der Waals surface area contributed by atoms with Gasteiger partial charge in [0.05, 0.1) is 18.4 Å². The van der Waals surface area contributed by atoms with E-state index in [1.165, 1.54) is 24.4 Å². The number of nitriles is 1. The number of rotatable bonds is 3. The van der Waals surface area contributed by atoms with E-state index < -0.39 is 0 Å². The lowest BCUT2D eigenvalue weighted by atomic mass is 10.7. The highest BCUT2D eigenvalue weighted by atomic mass is 16.5. The monoisotopic (exact) mass is 123 g/mol. The normalized spacial score (nSPS) is 7.89. The lowest BCUT2D eigenvalue weighted by Crippen LogP contribution is -1.79. The molecule has 0 aromatic heterocycles. The SMILES string of the molecule is N#CC=COCC=C=O. The van der Waals surface area contributed by atoms with Crippen LogP contribution >= 0.6 is 0 Å². The lowest BCUT2D eigenvalue weighted by Gasteiger charge is -1.86. The van der Waals surface area contributed by atoms with Crippen molar-refractivity contribution in [2.75, 3.05) is 6.61 Å². The van der Waals surface area contributed by atoms with Crippen molar-refractivity contribution in [1.82, 2.24) is 0 Å². The predicted octanol–water partition coefficient (Wildman–Crippen LogP) is 0.428. The van der Waals surface area contributed by atoms with Gasteiger partial charge in [-0.1, -0.05) is 0 Å². The van der Waals surface area contributed by atoms with Crippen LogP contribution in [0.1, 0.15) is 0 Å². The van der Waals surface area contributed by atoms with Gasteiger partial charge in [-0.2, -0.15) is 5.26 Å². The molecular formula is C6H5NO2. The smallest absolute Gasteiger partial charge is 0.123 e. The zero-order valence-electron chi connectivity index (χ0n) is 4.70. The fourth-order valence-electron chi connectivity index (χ4n) is 0.216. The van der Waals surface area contributed by atoms with E-state index in [9.17, 15) is 4.79 Å². The van der Waals surface area contributed by atoms with Crippen LogP contribution < -0.4 is 0 Å². The first-order chi connectivity index (χ1) is 4.41. The van der Waals surface area contributed by atoms with Gasteiger partial charge >= 0.3 is 0 Å². The highest BCUT2D eigenvalue weighted by Gasteiger charge is 1.70. The minimum atomic E-state index is 0.168. The Morgan fingerprint density at radius 1 is 1.67 bits per heavy atom. The van der Waals surface area contributed by atoms with Gasteiger partial charge in [0.25, 0.3) is 0 Å². The molecule has 0 aromatic rings. The maximum atomic E-state index is 9.49. The molecule has 3 nitrogen and oxygen atoms in total. The molecule has 0 amide bonds. The number of carbonyl (C=O) groups excluding carboxylic acids is 1. The summed E-state index contributed by atoms with van der Waals surface area (Å²) in [7, 11) is 0. The van der Waals surface area contributed by atoms with Crippen molar-refractivity contribution in [3.8, 4) is 6.07 Å². The molecular weight excluding hydrogens is 118 g/mol. The summed E-state index contributed by atoms with van der Waals surface area (Å²) in [6, 6.07) is 1.73. The largest absolute Gasteiger partial charge is 0.496 e. The number of hydrogen-bond donors (Lipinski definition) is 0. The fourth-order valence-corrected chi connectivity index (χ4v) is 0.216. The Hall–Kier alpha value is -1.52. The van der Waals surface area contributed by atoms with Crippen molar-refractivity contribution in [3.05, 3.63) is 18.4 Å². The minimum Gasteiger partial charge on any atom is -0.496 e. The molecule has 0 rings (SSSR count). The van der Waals surface area contributed by atoms with Crippen molar-refractivity contribution in [3.63, 3.8) is 0 Å². The van der Waals surface area contributed by atoms with Gasteiger partial charge in [0.2, 0.25) is 0 Å². The molecule has 0 bridgehead atoms. The second kappa shape index (κ2) is 6.48. The van der Waals surface area contributed by atoms with Gasteiger partial charge in [-0.3, -0.25) is 0 Å². The summed E-state index contributed by atoms with van der Waals surface area (Å²) < 4.78 is 4.59.